The molecule has 1 aromatic rings. The number of carbonyl (C=O) groups excluding carboxylic acids is 1. The molecule has 6 heteroatoms. The minimum atomic E-state index is -0.501. The van der Waals surface area contributed by atoms with E-state index in [1.54, 1.807) is 13.0 Å². The number of carbonyl (C=O) groups is 1. The van der Waals surface area contributed by atoms with Crippen molar-refractivity contribution in [2.24, 2.45) is 0 Å². The van der Waals surface area contributed by atoms with E-state index in [9.17, 15) is 14.9 Å². The normalized spacial score (nSPS) is 11.9. The van der Waals surface area contributed by atoms with Gasteiger partial charge in [-0.2, -0.15) is 0 Å². The molecule has 19 heavy (non-hydrogen) atoms. The number of amides is 1. The second-order valence-corrected chi connectivity index (χ2v) is 5.24. The summed E-state index contributed by atoms with van der Waals surface area (Å²) in [4.78, 5) is 22.1. The van der Waals surface area contributed by atoms with Crippen LogP contribution in [0.4, 0.5) is 5.69 Å². The molecule has 0 radical (unpaired) electrons. The summed E-state index contributed by atoms with van der Waals surface area (Å²) in [6.45, 7) is 4.13. The number of non-ortho nitro benzene ring substituents is 1. The summed E-state index contributed by atoms with van der Waals surface area (Å²) >= 11 is 5.80. The molecule has 0 bridgehead atoms. The lowest BCUT2D eigenvalue weighted by Crippen LogP contribution is -2.25. The van der Waals surface area contributed by atoms with Gasteiger partial charge >= 0.3 is 0 Å². The highest BCUT2D eigenvalue weighted by Gasteiger charge is 2.12. The molecule has 0 heterocycles. The number of hydrogen-bond donors (Lipinski definition) is 1. The molecule has 0 aliphatic rings. The van der Waals surface area contributed by atoms with E-state index in [0.717, 1.165) is 12.8 Å². The fourth-order valence-electron chi connectivity index (χ4n) is 1.69. The second kappa shape index (κ2) is 7.09. The monoisotopic (exact) mass is 284 g/mol. The van der Waals surface area contributed by atoms with E-state index in [4.69, 9.17) is 11.6 Å². The maximum atomic E-state index is 11.8. The van der Waals surface area contributed by atoms with Gasteiger partial charge in [0.15, 0.2) is 0 Å². The molecule has 0 aliphatic carbocycles. The molecule has 0 saturated heterocycles. The van der Waals surface area contributed by atoms with Gasteiger partial charge < -0.3 is 5.32 Å². The van der Waals surface area contributed by atoms with Crippen LogP contribution in [0.25, 0.3) is 0 Å². The summed E-state index contributed by atoms with van der Waals surface area (Å²) < 4.78 is 0. The lowest BCUT2D eigenvalue weighted by Gasteiger charge is -2.07. The molecule has 0 aromatic heterocycles. The molecule has 1 aromatic carbocycles. The highest BCUT2D eigenvalue weighted by Crippen LogP contribution is 2.16. The molecule has 0 aliphatic heterocycles. The third-order valence-corrected chi connectivity index (χ3v) is 2.82. The number of aryl methyl sites for hydroxylation is 1. The maximum Gasteiger partial charge on any atom is 0.270 e. The molecule has 1 amide bonds. The number of alkyl halides is 1. The number of halogens is 1. The molecule has 104 valence electrons. The van der Waals surface area contributed by atoms with Crippen LogP contribution in [0.5, 0.6) is 0 Å². The van der Waals surface area contributed by atoms with Gasteiger partial charge in [0.25, 0.3) is 11.6 Å². The van der Waals surface area contributed by atoms with E-state index in [1.807, 2.05) is 6.92 Å². The Morgan fingerprint density at radius 1 is 1.47 bits per heavy atom. The quantitative estimate of drug-likeness (QED) is 0.378. The van der Waals surface area contributed by atoms with E-state index < -0.39 is 4.92 Å². The van der Waals surface area contributed by atoms with Crippen molar-refractivity contribution in [1.29, 1.82) is 0 Å². The number of rotatable bonds is 6. The zero-order chi connectivity index (χ0) is 14.4. The molecule has 1 unspecified atom stereocenters. The minimum Gasteiger partial charge on any atom is -0.352 e. The van der Waals surface area contributed by atoms with Crippen molar-refractivity contribution < 1.29 is 9.72 Å². The highest BCUT2D eigenvalue weighted by molar-refractivity contribution is 6.20. The van der Waals surface area contributed by atoms with Crippen LogP contribution >= 0.6 is 11.6 Å². The van der Waals surface area contributed by atoms with Crippen LogP contribution < -0.4 is 5.32 Å². The first-order valence-corrected chi connectivity index (χ1v) is 6.52. The Morgan fingerprint density at radius 3 is 2.74 bits per heavy atom. The van der Waals surface area contributed by atoms with Crippen molar-refractivity contribution in [1.82, 2.24) is 5.32 Å². The van der Waals surface area contributed by atoms with Gasteiger partial charge in [-0.15, -0.1) is 11.6 Å². The Balaban J connectivity index is 2.64. The number of nitro groups is 1. The number of nitro benzene ring substituents is 1. The summed E-state index contributed by atoms with van der Waals surface area (Å²) in [5.74, 6) is -0.297. The summed E-state index contributed by atoms with van der Waals surface area (Å²) in [5, 5.41) is 13.5. The van der Waals surface area contributed by atoms with Gasteiger partial charge in [0.2, 0.25) is 0 Å². The third-order valence-electron chi connectivity index (χ3n) is 2.60. The van der Waals surface area contributed by atoms with Crippen LogP contribution in [0.1, 0.15) is 35.7 Å². The molecule has 1 N–H and O–H groups in total. The van der Waals surface area contributed by atoms with Crippen LogP contribution in [0.3, 0.4) is 0 Å². The molecule has 1 rings (SSSR count). The summed E-state index contributed by atoms with van der Waals surface area (Å²) in [7, 11) is 0. The van der Waals surface area contributed by atoms with Crippen LogP contribution in [0, 0.1) is 17.0 Å². The van der Waals surface area contributed by atoms with Crippen LogP contribution in [-0.2, 0) is 0 Å². The predicted molar refractivity (Wildman–Crippen MR) is 74.7 cm³/mol. The lowest BCUT2D eigenvalue weighted by atomic mass is 10.1. The zero-order valence-electron chi connectivity index (χ0n) is 11.0. The van der Waals surface area contributed by atoms with Gasteiger partial charge in [-0.1, -0.05) is 0 Å². The van der Waals surface area contributed by atoms with Gasteiger partial charge in [0.05, 0.1) is 4.92 Å². The Labute approximate surface area is 117 Å². The smallest absolute Gasteiger partial charge is 0.270 e. The highest BCUT2D eigenvalue weighted by atomic mass is 35.5. The van der Waals surface area contributed by atoms with Crippen molar-refractivity contribution in [3.05, 3.63) is 39.4 Å². The second-order valence-electron chi connectivity index (χ2n) is 4.49. The molecule has 0 saturated carbocycles. The van der Waals surface area contributed by atoms with E-state index in [2.05, 4.69) is 5.32 Å². The molecule has 5 nitrogen and oxygen atoms in total. The fourth-order valence-corrected chi connectivity index (χ4v) is 1.84. The van der Waals surface area contributed by atoms with E-state index >= 15 is 0 Å². The summed E-state index contributed by atoms with van der Waals surface area (Å²) in [5.41, 5.74) is 0.930. The first-order valence-electron chi connectivity index (χ1n) is 6.08. The van der Waals surface area contributed by atoms with Gasteiger partial charge in [-0.05, 0) is 38.3 Å². The Bertz CT molecular complexity index is 475. The number of nitrogens with one attached hydrogen (secondary N) is 1. The Morgan fingerprint density at radius 2 is 2.16 bits per heavy atom. The molecule has 0 spiro atoms. The van der Waals surface area contributed by atoms with E-state index in [1.165, 1.54) is 12.1 Å². The minimum absolute atomic E-state index is 0.0699. The van der Waals surface area contributed by atoms with Gasteiger partial charge in [0, 0.05) is 29.6 Å². The number of hydrogen-bond acceptors (Lipinski definition) is 3. The Kier molecular flexibility index (Phi) is 5.76. The van der Waals surface area contributed by atoms with E-state index in [0.29, 0.717) is 17.7 Å². The van der Waals surface area contributed by atoms with Crippen LogP contribution in [-0.4, -0.2) is 22.8 Å². The average Bonchev–Trinajstić information content (AvgIpc) is 2.33. The van der Waals surface area contributed by atoms with Gasteiger partial charge in [-0.25, -0.2) is 0 Å². The molecular weight excluding hydrogens is 268 g/mol. The standard InChI is InChI=1S/C13H17ClN2O3/c1-9-6-11(8-12(7-9)16(18)19)13(17)15-5-3-4-10(2)14/h6-8,10H,3-5H2,1-2H3,(H,15,17). The number of benzene rings is 1. The zero-order valence-corrected chi connectivity index (χ0v) is 11.7. The van der Waals surface area contributed by atoms with Crippen LogP contribution in [0.15, 0.2) is 18.2 Å². The first kappa shape index (κ1) is 15.4. The summed E-state index contributed by atoms with van der Waals surface area (Å²) in [6, 6.07) is 4.35. The lowest BCUT2D eigenvalue weighted by molar-refractivity contribution is -0.384. The molecular formula is C13H17ClN2O3. The topological polar surface area (TPSA) is 72.2 Å². The molecule has 1 atom stereocenters. The van der Waals surface area contributed by atoms with Crippen molar-refractivity contribution in [3.8, 4) is 0 Å². The summed E-state index contributed by atoms with van der Waals surface area (Å²) in [6.07, 6.45) is 1.60. The Hall–Kier alpha value is -1.62. The third kappa shape index (κ3) is 5.26. The predicted octanol–water partition coefficient (Wildman–Crippen LogP) is 3.04. The van der Waals surface area contributed by atoms with Crippen molar-refractivity contribution >= 4 is 23.2 Å². The SMILES string of the molecule is Cc1cc(C(=O)NCCCC(C)Cl)cc([N+](=O)[O-])c1. The maximum absolute atomic E-state index is 11.8. The fraction of sp³-hybridized carbons (Fsp3) is 0.462. The van der Waals surface area contributed by atoms with Gasteiger partial charge in [0.1, 0.15) is 0 Å². The number of nitrogens with zero attached hydrogens (tertiary/aromatic N) is 1. The largest absolute Gasteiger partial charge is 0.352 e. The first-order chi connectivity index (χ1) is 8.90. The van der Waals surface area contributed by atoms with Crippen LogP contribution in [0.2, 0.25) is 0 Å². The average molecular weight is 285 g/mol. The van der Waals surface area contributed by atoms with Crippen molar-refractivity contribution in [3.63, 3.8) is 0 Å². The van der Waals surface area contributed by atoms with Crippen molar-refractivity contribution in [2.75, 3.05) is 6.54 Å². The molecule has 0 fully saturated rings. The van der Waals surface area contributed by atoms with E-state index in [-0.39, 0.29) is 17.0 Å². The van der Waals surface area contributed by atoms with Gasteiger partial charge in [-0.3, -0.25) is 14.9 Å². The van der Waals surface area contributed by atoms with Crippen molar-refractivity contribution in [2.45, 2.75) is 32.1 Å².